The molecule has 41 heavy (non-hydrogen) atoms. The Morgan fingerprint density at radius 1 is 0.902 bits per heavy atom. The highest BCUT2D eigenvalue weighted by atomic mass is 32.2. The lowest BCUT2D eigenvalue weighted by atomic mass is 10.1. The number of hydrogen-bond acceptors (Lipinski definition) is 4. The van der Waals surface area contributed by atoms with Crippen LogP contribution >= 0.6 is 0 Å². The van der Waals surface area contributed by atoms with Gasteiger partial charge in [-0.3, -0.25) is 13.9 Å². The van der Waals surface area contributed by atoms with Gasteiger partial charge in [0, 0.05) is 12.6 Å². The number of aryl methyl sites for hydroxylation is 2. The van der Waals surface area contributed by atoms with E-state index in [0.717, 1.165) is 42.4 Å². The number of hydrogen-bond donors (Lipinski definition) is 1. The average molecular weight is 576 g/mol. The Morgan fingerprint density at radius 2 is 1.59 bits per heavy atom. The van der Waals surface area contributed by atoms with Crippen LogP contribution in [0, 0.1) is 13.8 Å². The number of rotatable bonds is 12. The third-order valence-corrected chi connectivity index (χ3v) is 9.54. The summed E-state index contributed by atoms with van der Waals surface area (Å²) in [6, 6.07) is 23.0. The van der Waals surface area contributed by atoms with E-state index in [1.54, 1.807) is 47.4 Å². The fraction of sp³-hybridized carbons (Fsp3) is 0.394. The van der Waals surface area contributed by atoms with Crippen molar-refractivity contribution in [2.24, 2.45) is 0 Å². The number of carbonyl (C=O) groups excluding carboxylic acids is 2. The highest BCUT2D eigenvalue weighted by Gasteiger charge is 2.34. The molecule has 8 heteroatoms. The molecule has 0 saturated heterocycles. The Labute approximate surface area is 244 Å². The third kappa shape index (κ3) is 7.76. The number of carbonyl (C=O) groups is 2. The van der Waals surface area contributed by atoms with Crippen molar-refractivity contribution in [2.75, 3.05) is 17.4 Å². The molecule has 1 aliphatic carbocycles. The molecule has 0 aromatic heterocycles. The van der Waals surface area contributed by atoms with Crippen molar-refractivity contribution < 1.29 is 18.0 Å². The molecular formula is C33H41N3O4S. The van der Waals surface area contributed by atoms with Gasteiger partial charge in [-0.25, -0.2) is 8.42 Å². The lowest BCUT2D eigenvalue weighted by molar-refractivity contribution is -0.139. The predicted octanol–water partition coefficient (Wildman–Crippen LogP) is 5.41. The molecule has 3 aromatic rings. The second-order valence-corrected chi connectivity index (χ2v) is 12.8. The van der Waals surface area contributed by atoms with E-state index in [0.29, 0.717) is 25.1 Å². The summed E-state index contributed by atoms with van der Waals surface area (Å²) in [5, 5.41) is 3.15. The van der Waals surface area contributed by atoms with Crippen LogP contribution in [0.15, 0.2) is 83.8 Å². The smallest absolute Gasteiger partial charge is 0.264 e. The molecule has 1 fully saturated rings. The number of nitrogens with one attached hydrogen (secondary N) is 1. The van der Waals surface area contributed by atoms with Crippen LogP contribution in [-0.2, 0) is 26.0 Å². The van der Waals surface area contributed by atoms with Gasteiger partial charge in [0.15, 0.2) is 0 Å². The monoisotopic (exact) mass is 575 g/mol. The lowest BCUT2D eigenvalue weighted by Gasteiger charge is -2.34. The molecule has 1 atom stereocenters. The Morgan fingerprint density at radius 3 is 2.22 bits per heavy atom. The van der Waals surface area contributed by atoms with Gasteiger partial charge >= 0.3 is 0 Å². The van der Waals surface area contributed by atoms with Crippen LogP contribution in [0.1, 0.15) is 55.7 Å². The molecule has 218 valence electrons. The van der Waals surface area contributed by atoms with E-state index in [-0.39, 0.29) is 16.8 Å². The van der Waals surface area contributed by atoms with E-state index in [1.807, 2.05) is 57.2 Å². The highest BCUT2D eigenvalue weighted by molar-refractivity contribution is 7.92. The molecule has 1 N–H and O–H groups in total. The first-order valence-electron chi connectivity index (χ1n) is 14.5. The second-order valence-electron chi connectivity index (χ2n) is 10.9. The van der Waals surface area contributed by atoms with E-state index in [9.17, 15) is 18.0 Å². The van der Waals surface area contributed by atoms with Gasteiger partial charge in [-0.2, -0.15) is 0 Å². The lowest BCUT2D eigenvalue weighted by Crippen LogP contribution is -2.54. The molecule has 0 bridgehead atoms. The van der Waals surface area contributed by atoms with Gasteiger partial charge in [0.1, 0.15) is 12.6 Å². The second kappa shape index (κ2) is 13.8. The maximum atomic E-state index is 14.1. The van der Waals surface area contributed by atoms with Gasteiger partial charge in [0.2, 0.25) is 11.8 Å². The zero-order valence-electron chi connectivity index (χ0n) is 24.3. The van der Waals surface area contributed by atoms with Gasteiger partial charge in [-0.1, -0.05) is 79.9 Å². The minimum absolute atomic E-state index is 0.110. The van der Waals surface area contributed by atoms with Crippen LogP contribution < -0.4 is 9.62 Å². The summed E-state index contributed by atoms with van der Waals surface area (Å²) >= 11 is 0. The fourth-order valence-electron chi connectivity index (χ4n) is 5.41. The summed E-state index contributed by atoms with van der Waals surface area (Å²) in [5.74, 6) is -0.587. The molecule has 0 spiro atoms. The fourth-order valence-corrected chi connectivity index (χ4v) is 6.82. The SMILES string of the molecule is CC[C@H](C(=O)NC1CCCC1)N(CCc1ccccc1)C(=O)CN(c1cccc(C)c1)S(=O)(=O)c1ccc(C)cc1. The number of benzene rings is 3. The van der Waals surface area contributed by atoms with E-state index in [4.69, 9.17) is 0 Å². The maximum absolute atomic E-state index is 14.1. The minimum Gasteiger partial charge on any atom is -0.352 e. The van der Waals surface area contributed by atoms with Gasteiger partial charge in [0.05, 0.1) is 10.6 Å². The normalized spacial score (nSPS) is 14.4. The van der Waals surface area contributed by atoms with E-state index < -0.39 is 28.5 Å². The van der Waals surface area contributed by atoms with E-state index >= 15 is 0 Å². The molecule has 7 nitrogen and oxygen atoms in total. The Balaban J connectivity index is 1.67. The minimum atomic E-state index is -4.07. The van der Waals surface area contributed by atoms with Crippen molar-refractivity contribution in [2.45, 2.75) is 76.3 Å². The first-order chi connectivity index (χ1) is 19.7. The predicted molar refractivity (Wildman–Crippen MR) is 163 cm³/mol. The quantitative estimate of drug-likeness (QED) is 0.313. The van der Waals surface area contributed by atoms with Gasteiger partial charge in [0.25, 0.3) is 10.0 Å². The van der Waals surface area contributed by atoms with Crippen LogP contribution in [0.5, 0.6) is 0 Å². The first-order valence-corrected chi connectivity index (χ1v) is 15.9. The summed E-state index contributed by atoms with van der Waals surface area (Å²) in [4.78, 5) is 29.3. The van der Waals surface area contributed by atoms with Gasteiger partial charge in [-0.15, -0.1) is 0 Å². The molecular weight excluding hydrogens is 534 g/mol. The summed E-state index contributed by atoms with van der Waals surface area (Å²) in [7, 11) is -4.07. The molecule has 0 aliphatic heterocycles. The molecule has 0 radical (unpaired) electrons. The van der Waals surface area contributed by atoms with Crippen molar-refractivity contribution in [3.63, 3.8) is 0 Å². The summed E-state index contributed by atoms with van der Waals surface area (Å²) in [5.41, 5.74) is 3.26. The van der Waals surface area contributed by atoms with Crippen LogP contribution in [0.4, 0.5) is 5.69 Å². The molecule has 3 aromatic carbocycles. The van der Waals surface area contributed by atoms with Gasteiger partial charge < -0.3 is 10.2 Å². The topological polar surface area (TPSA) is 86.8 Å². The molecule has 1 saturated carbocycles. The van der Waals surface area contributed by atoms with Crippen LogP contribution in [-0.4, -0.2) is 50.3 Å². The third-order valence-electron chi connectivity index (χ3n) is 7.75. The Hall–Kier alpha value is -3.65. The number of sulfonamides is 1. The zero-order valence-corrected chi connectivity index (χ0v) is 25.1. The first kappa shape index (κ1) is 30.3. The average Bonchev–Trinajstić information content (AvgIpc) is 3.47. The maximum Gasteiger partial charge on any atom is 0.264 e. The number of amides is 2. The largest absolute Gasteiger partial charge is 0.352 e. The molecule has 4 rings (SSSR count). The van der Waals surface area contributed by atoms with Gasteiger partial charge in [-0.05, 0) is 74.9 Å². The summed E-state index contributed by atoms with van der Waals surface area (Å²) in [6.45, 7) is 5.55. The van der Waals surface area contributed by atoms with Crippen molar-refractivity contribution in [3.8, 4) is 0 Å². The van der Waals surface area contributed by atoms with Crippen molar-refractivity contribution >= 4 is 27.5 Å². The van der Waals surface area contributed by atoms with Crippen molar-refractivity contribution in [3.05, 3.63) is 95.6 Å². The molecule has 2 amide bonds. The van der Waals surface area contributed by atoms with Crippen LogP contribution in [0.25, 0.3) is 0 Å². The number of anilines is 1. The Kier molecular flexibility index (Phi) is 10.2. The number of nitrogens with zero attached hydrogens (tertiary/aromatic N) is 2. The molecule has 0 heterocycles. The van der Waals surface area contributed by atoms with E-state index in [1.165, 1.54) is 4.31 Å². The summed E-state index contributed by atoms with van der Waals surface area (Å²) < 4.78 is 29.1. The highest BCUT2D eigenvalue weighted by Crippen LogP contribution is 2.26. The molecule has 1 aliphatic rings. The van der Waals surface area contributed by atoms with E-state index in [2.05, 4.69) is 5.32 Å². The van der Waals surface area contributed by atoms with Crippen LogP contribution in [0.3, 0.4) is 0 Å². The van der Waals surface area contributed by atoms with Crippen molar-refractivity contribution in [1.82, 2.24) is 10.2 Å². The Bertz CT molecular complexity index is 1420. The van der Waals surface area contributed by atoms with Crippen LogP contribution in [0.2, 0.25) is 0 Å². The zero-order chi connectivity index (χ0) is 29.4. The standard InChI is InChI=1S/C33H41N3O4S/c1-4-31(33(38)34-28-14-8-9-15-28)35(22-21-27-12-6-5-7-13-27)32(37)24-36(29-16-10-11-26(3)23-29)41(39,40)30-19-17-25(2)18-20-30/h5-7,10-13,16-20,23,28,31H,4,8-9,14-15,21-22,24H2,1-3H3,(H,34,38)/t31-/m1/s1. The summed E-state index contributed by atoms with van der Waals surface area (Å²) in [6.07, 6.45) is 5.02. The van der Waals surface area contributed by atoms with Crippen molar-refractivity contribution in [1.29, 1.82) is 0 Å². The molecule has 0 unspecified atom stereocenters.